The van der Waals surface area contributed by atoms with Gasteiger partial charge < -0.3 is 10.2 Å². The van der Waals surface area contributed by atoms with Gasteiger partial charge in [0.05, 0.1) is 6.54 Å². The van der Waals surface area contributed by atoms with Crippen LogP contribution in [0.15, 0.2) is 11.4 Å². The van der Waals surface area contributed by atoms with Gasteiger partial charge in [0.1, 0.15) is 0 Å². The van der Waals surface area contributed by atoms with E-state index in [1.165, 1.54) is 29.7 Å². The summed E-state index contributed by atoms with van der Waals surface area (Å²) in [4.78, 5) is 15.9. The molecule has 2 heterocycles. The third kappa shape index (κ3) is 3.16. The normalized spacial score (nSPS) is 28.7. The van der Waals surface area contributed by atoms with Gasteiger partial charge in [-0.25, -0.2) is 0 Å². The lowest BCUT2D eigenvalue weighted by Crippen LogP contribution is -2.44. The second kappa shape index (κ2) is 6.49. The lowest BCUT2D eigenvalue weighted by atomic mass is 9.93. The molecule has 0 bridgehead atoms. The third-order valence-corrected chi connectivity index (χ3v) is 6.45. The first-order chi connectivity index (χ1) is 10.2. The van der Waals surface area contributed by atoms with Crippen molar-refractivity contribution in [3.63, 3.8) is 0 Å². The number of hydrogen-bond acceptors (Lipinski definition) is 3. The van der Waals surface area contributed by atoms with E-state index in [2.05, 4.69) is 30.6 Å². The highest BCUT2D eigenvalue weighted by Crippen LogP contribution is 2.33. The zero-order chi connectivity index (χ0) is 14.8. The molecule has 1 aromatic rings. The van der Waals surface area contributed by atoms with Gasteiger partial charge in [0.15, 0.2) is 0 Å². The zero-order valence-corrected chi connectivity index (χ0v) is 13.9. The molecule has 3 atom stereocenters. The molecule has 0 radical (unpaired) electrons. The highest BCUT2D eigenvalue weighted by molar-refractivity contribution is 7.10. The number of thiophene rings is 1. The number of fused-ring (bicyclic) bond motifs is 1. The van der Waals surface area contributed by atoms with E-state index in [1.807, 2.05) is 16.2 Å². The summed E-state index contributed by atoms with van der Waals surface area (Å²) in [6.07, 6.45) is 4.82. The van der Waals surface area contributed by atoms with Crippen molar-refractivity contribution >= 4 is 17.2 Å². The molecule has 1 saturated carbocycles. The maximum Gasteiger partial charge on any atom is 0.236 e. The monoisotopic (exact) mass is 306 g/mol. The van der Waals surface area contributed by atoms with Crippen LogP contribution in [0.25, 0.3) is 0 Å². The topological polar surface area (TPSA) is 32.3 Å². The molecule has 1 aliphatic heterocycles. The number of hydrogen-bond donors (Lipinski definition) is 1. The number of nitrogens with one attached hydrogen (secondary N) is 1. The van der Waals surface area contributed by atoms with Crippen molar-refractivity contribution < 1.29 is 4.79 Å². The Labute approximate surface area is 131 Å². The first-order valence-corrected chi connectivity index (χ1v) is 9.13. The van der Waals surface area contributed by atoms with Crippen LogP contribution in [-0.4, -0.2) is 29.9 Å². The fraction of sp³-hybridized carbons (Fsp3) is 0.706. The summed E-state index contributed by atoms with van der Waals surface area (Å²) in [5.41, 5.74) is 1.35. The Bertz CT molecular complexity index is 499. The Kier molecular flexibility index (Phi) is 4.65. The average Bonchev–Trinajstić information content (AvgIpc) is 3.10. The van der Waals surface area contributed by atoms with Crippen molar-refractivity contribution in [2.45, 2.75) is 52.1 Å². The summed E-state index contributed by atoms with van der Waals surface area (Å²) in [6.45, 7) is 6.80. The second-order valence-electron chi connectivity index (χ2n) is 6.53. The van der Waals surface area contributed by atoms with Crippen molar-refractivity contribution in [3.8, 4) is 0 Å². The predicted molar refractivity (Wildman–Crippen MR) is 87.4 cm³/mol. The third-order valence-electron chi connectivity index (χ3n) is 5.43. The molecule has 4 heteroatoms. The molecule has 1 aliphatic carbocycles. The van der Waals surface area contributed by atoms with Crippen LogP contribution in [0, 0.1) is 11.8 Å². The molecule has 1 amide bonds. The lowest BCUT2D eigenvalue weighted by Gasteiger charge is -2.28. The number of carbonyl (C=O) groups excluding carboxylic acids is 1. The van der Waals surface area contributed by atoms with Crippen LogP contribution in [-0.2, 0) is 17.8 Å². The van der Waals surface area contributed by atoms with Crippen LogP contribution in [0.1, 0.15) is 43.6 Å². The molecule has 1 aromatic heterocycles. The Morgan fingerprint density at radius 2 is 2.33 bits per heavy atom. The molecule has 0 saturated heterocycles. The molecule has 1 fully saturated rings. The Balaban J connectivity index is 1.49. The largest absolute Gasteiger partial charge is 0.337 e. The van der Waals surface area contributed by atoms with E-state index >= 15 is 0 Å². The van der Waals surface area contributed by atoms with Gasteiger partial charge >= 0.3 is 0 Å². The van der Waals surface area contributed by atoms with E-state index in [-0.39, 0.29) is 5.91 Å². The fourth-order valence-corrected chi connectivity index (χ4v) is 4.79. The molecular formula is C17H26N2OS. The minimum absolute atomic E-state index is 0.263. The highest BCUT2D eigenvalue weighted by Gasteiger charge is 2.32. The van der Waals surface area contributed by atoms with Crippen molar-refractivity contribution in [1.82, 2.24) is 10.2 Å². The van der Waals surface area contributed by atoms with Crippen LogP contribution in [0.5, 0.6) is 0 Å². The minimum atomic E-state index is 0.263. The van der Waals surface area contributed by atoms with Gasteiger partial charge in [0, 0.05) is 24.0 Å². The van der Waals surface area contributed by atoms with E-state index in [9.17, 15) is 4.79 Å². The molecule has 21 heavy (non-hydrogen) atoms. The number of amides is 1. The SMILES string of the molecule is CCC1CCC(NCC(=O)N2CCc3sccc3C2)C1C. The predicted octanol–water partition coefficient (Wildman–Crippen LogP) is 3.05. The Hall–Kier alpha value is -0.870. The number of nitrogens with zero attached hydrogens (tertiary/aromatic N) is 1. The van der Waals surface area contributed by atoms with Gasteiger partial charge in [-0.1, -0.05) is 20.3 Å². The van der Waals surface area contributed by atoms with Gasteiger partial charge in [0.25, 0.3) is 0 Å². The molecule has 3 unspecified atom stereocenters. The average molecular weight is 306 g/mol. The summed E-state index contributed by atoms with van der Waals surface area (Å²) in [5, 5.41) is 5.66. The Morgan fingerprint density at radius 1 is 1.48 bits per heavy atom. The van der Waals surface area contributed by atoms with Crippen molar-refractivity contribution in [3.05, 3.63) is 21.9 Å². The molecule has 0 aromatic carbocycles. The van der Waals surface area contributed by atoms with Gasteiger partial charge in [-0.15, -0.1) is 11.3 Å². The lowest BCUT2D eigenvalue weighted by molar-refractivity contribution is -0.131. The van der Waals surface area contributed by atoms with Gasteiger partial charge in [0.2, 0.25) is 5.91 Å². The molecule has 116 valence electrons. The van der Waals surface area contributed by atoms with Crippen LogP contribution in [0.3, 0.4) is 0 Å². The van der Waals surface area contributed by atoms with Gasteiger partial charge in [-0.2, -0.15) is 0 Å². The van der Waals surface area contributed by atoms with Crippen LogP contribution >= 0.6 is 11.3 Å². The molecule has 2 aliphatic rings. The van der Waals surface area contributed by atoms with E-state index in [0.29, 0.717) is 18.5 Å². The van der Waals surface area contributed by atoms with Crippen LogP contribution in [0.4, 0.5) is 0 Å². The first-order valence-electron chi connectivity index (χ1n) is 8.25. The second-order valence-corrected chi connectivity index (χ2v) is 7.53. The molecule has 0 spiro atoms. The van der Waals surface area contributed by atoms with E-state index < -0.39 is 0 Å². The minimum Gasteiger partial charge on any atom is -0.337 e. The molecule has 3 nitrogen and oxygen atoms in total. The standard InChI is InChI=1S/C17H26N2OS/c1-3-13-4-5-15(12(13)2)18-10-17(20)19-8-6-16-14(11-19)7-9-21-16/h7,9,12-13,15,18H,3-6,8,10-11H2,1-2H3. The quantitative estimate of drug-likeness (QED) is 0.927. The number of rotatable bonds is 4. The molecule has 1 N–H and O–H groups in total. The van der Waals surface area contributed by atoms with Crippen molar-refractivity contribution in [1.29, 1.82) is 0 Å². The summed E-state index contributed by atoms with van der Waals surface area (Å²) in [7, 11) is 0. The van der Waals surface area contributed by atoms with Gasteiger partial charge in [-0.05, 0) is 48.1 Å². The van der Waals surface area contributed by atoms with Gasteiger partial charge in [-0.3, -0.25) is 4.79 Å². The maximum atomic E-state index is 12.4. The summed E-state index contributed by atoms with van der Waals surface area (Å²) >= 11 is 1.82. The summed E-state index contributed by atoms with van der Waals surface area (Å²) in [5.74, 6) is 1.80. The van der Waals surface area contributed by atoms with E-state index in [4.69, 9.17) is 0 Å². The highest BCUT2D eigenvalue weighted by atomic mass is 32.1. The van der Waals surface area contributed by atoms with Crippen LogP contribution in [0.2, 0.25) is 0 Å². The van der Waals surface area contributed by atoms with E-state index in [1.54, 1.807) is 0 Å². The zero-order valence-electron chi connectivity index (χ0n) is 13.1. The van der Waals surface area contributed by atoms with E-state index in [0.717, 1.165) is 25.4 Å². The van der Waals surface area contributed by atoms with Crippen molar-refractivity contribution in [2.75, 3.05) is 13.1 Å². The Morgan fingerprint density at radius 3 is 3.10 bits per heavy atom. The summed E-state index contributed by atoms with van der Waals surface area (Å²) < 4.78 is 0. The molecular weight excluding hydrogens is 280 g/mol. The maximum absolute atomic E-state index is 12.4. The fourth-order valence-electron chi connectivity index (χ4n) is 3.90. The van der Waals surface area contributed by atoms with Crippen molar-refractivity contribution in [2.24, 2.45) is 11.8 Å². The summed E-state index contributed by atoms with van der Waals surface area (Å²) in [6, 6.07) is 2.69. The number of carbonyl (C=O) groups is 1. The smallest absolute Gasteiger partial charge is 0.236 e. The van der Waals surface area contributed by atoms with Crippen LogP contribution < -0.4 is 5.32 Å². The first kappa shape index (κ1) is 15.0. The molecule has 3 rings (SSSR count).